The van der Waals surface area contributed by atoms with Gasteiger partial charge in [0.15, 0.2) is 32.0 Å². The van der Waals surface area contributed by atoms with Crippen LogP contribution in [-0.2, 0) is 57.9 Å². The second-order valence-electron chi connectivity index (χ2n) is 10.8. The van der Waals surface area contributed by atoms with Crippen molar-refractivity contribution in [2.24, 2.45) is 20.5 Å². The minimum Gasteiger partial charge on any atom is -0.744 e. The summed E-state index contributed by atoms with van der Waals surface area (Å²) in [4.78, 5) is 11.7. The zero-order valence-electron chi connectivity index (χ0n) is 31.4. The number of carbonyl (C=O) groups is 1. The van der Waals surface area contributed by atoms with Crippen molar-refractivity contribution in [3.8, 4) is 0 Å². The van der Waals surface area contributed by atoms with Crippen LogP contribution < -0.4 is 111 Å². The second kappa shape index (κ2) is 26.1. The quantitative estimate of drug-likeness (QED) is 0.00907. The molecule has 4 aromatic rings. The molecule has 0 aliphatic heterocycles. The summed E-state index contributed by atoms with van der Waals surface area (Å²) >= 11 is 0.147. The first-order valence-electron chi connectivity index (χ1n) is 15.1. The predicted octanol–water partition coefficient (Wildman–Crippen LogP) is -5.69. The van der Waals surface area contributed by atoms with Gasteiger partial charge in [-0.25, -0.2) is 33.7 Å². The number of sulfone groups is 2. The number of anilines is 3. The number of nitrogens with two attached hydrogens (primary N) is 2. The number of rotatable bonds is 19. The van der Waals surface area contributed by atoms with Crippen molar-refractivity contribution < 1.29 is 159 Å². The summed E-state index contributed by atoms with van der Waals surface area (Å²) < 4.78 is 130. The van der Waals surface area contributed by atoms with E-state index in [-0.39, 0.29) is 159 Å². The van der Waals surface area contributed by atoms with Crippen LogP contribution in [0.1, 0.15) is 17.8 Å². The molecule has 0 aromatic heterocycles. The standard InChI is InChI=1S/C29H29N7O16S5.CH4.3Na/c30-26-24(35-33-20-6-10-23(11-7-20)54(39,40)14-12-49-53-52-51-38)17-25(56(43,44)45)27(31)28(26)36-34-21-3-1-2-18(16-21)29(37)32-19-4-8-22(9-5-19)55(41,42)15-13-50-57(46,47)48;;;;/h1-11,16-17,38H,12-15,30-31H2,(H,32,37)(H,43,44,45)(H,46,47,48);1H4;;;/q;;3*+1/p-3. The summed E-state index contributed by atoms with van der Waals surface area (Å²) in [6, 6.07) is 15.9. The Labute approximate surface area is 421 Å². The third-order valence-electron chi connectivity index (χ3n) is 7.02. The van der Waals surface area contributed by atoms with E-state index in [0.29, 0.717) is 0 Å². The van der Waals surface area contributed by atoms with Gasteiger partial charge in [0.25, 0.3) is 5.91 Å². The molecule has 0 heterocycles. The van der Waals surface area contributed by atoms with Gasteiger partial charge >= 0.3 is 88.7 Å². The summed E-state index contributed by atoms with van der Waals surface area (Å²) in [5, 5.41) is 31.0. The van der Waals surface area contributed by atoms with E-state index in [0.717, 1.165) is 18.2 Å². The van der Waals surface area contributed by atoms with Gasteiger partial charge in [0, 0.05) is 11.3 Å². The topological polar surface area (TPSA) is 373 Å². The zero-order valence-corrected chi connectivity index (χ0v) is 41.4. The molecule has 31 heteroatoms. The SMILES string of the molecule is C.Nc1c(N=Nc2ccc(S(=O)(=O)CCOSOO[O-])cc2)cc(S(=O)(=O)[O-])c(N)c1N=Nc1cccc(C(=O)Nc2ccc(S(=O)(=O)CCOS(=O)(=O)[O-])cc2)c1.[Na+].[Na+].[Na+]. The van der Waals surface area contributed by atoms with Gasteiger partial charge in [-0.15, -0.1) is 14.6 Å². The first kappa shape index (κ1) is 59.0. The number of hydrogen-bond donors (Lipinski definition) is 3. The number of hydrogen-bond acceptors (Lipinski definition) is 23. The summed E-state index contributed by atoms with van der Waals surface area (Å²) in [6.07, 6.45) is 0. The molecule has 0 aliphatic rings. The summed E-state index contributed by atoms with van der Waals surface area (Å²) in [6.45, 7) is -1.24. The van der Waals surface area contributed by atoms with Crippen LogP contribution in [0.2, 0.25) is 0 Å². The molecule has 314 valence electrons. The van der Waals surface area contributed by atoms with E-state index < -0.39 is 80.5 Å². The molecule has 0 spiro atoms. The molecule has 0 atom stereocenters. The fourth-order valence-electron chi connectivity index (χ4n) is 4.35. The van der Waals surface area contributed by atoms with Crippen LogP contribution >= 0.6 is 12.3 Å². The molecule has 5 N–H and O–H groups in total. The molecule has 4 aromatic carbocycles. The molecule has 0 saturated carbocycles. The Kier molecular flexibility index (Phi) is 25.2. The number of benzene rings is 4. The molecule has 0 aliphatic carbocycles. The van der Waals surface area contributed by atoms with Crippen molar-refractivity contribution in [1.82, 2.24) is 0 Å². The Balaban J connectivity index is 0.00000900. The summed E-state index contributed by atoms with van der Waals surface area (Å²) in [5.74, 6) is -1.97. The Hall–Kier alpha value is -1.98. The molecular weight excluding hydrogens is 944 g/mol. The van der Waals surface area contributed by atoms with Crippen molar-refractivity contribution in [2.45, 2.75) is 22.1 Å². The van der Waals surface area contributed by atoms with Crippen LogP contribution in [0.25, 0.3) is 0 Å². The largest absolute Gasteiger partial charge is 1.00 e. The average Bonchev–Trinajstić information content (AvgIpc) is 3.13. The molecule has 0 radical (unpaired) electrons. The number of amides is 1. The maximum absolute atomic E-state index is 13.0. The van der Waals surface area contributed by atoms with E-state index in [9.17, 15) is 52.8 Å². The van der Waals surface area contributed by atoms with Crippen LogP contribution in [0.15, 0.2) is 114 Å². The predicted molar refractivity (Wildman–Crippen MR) is 201 cm³/mol. The van der Waals surface area contributed by atoms with Gasteiger partial charge in [0.05, 0.1) is 62.2 Å². The fourth-order valence-corrected chi connectivity index (χ4v) is 7.86. The Morgan fingerprint density at radius 2 is 1.26 bits per heavy atom. The third kappa shape index (κ3) is 18.2. The zero-order chi connectivity index (χ0) is 42.0. The van der Waals surface area contributed by atoms with Crippen molar-refractivity contribution in [3.63, 3.8) is 0 Å². The Morgan fingerprint density at radius 3 is 1.82 bits per heavy atom. The van der Waals surface area contributed by atoms with Crippen LogP contribution in [-0.4, -0.2) is 73.4 Å². The van der Waals surface area contributed by atoms with Gasteiger partial charge in [-0.1, -0.05) is 13.5 Å². The number of nitrogens with one attached hydrogen (secondary N) is 1. The number of nitrogens with zero attached hydrogens (tertiary/aromatic N) is 4. The van der Waals surface area contributed by atoms with Gasteiger partial charge in [0.1, 0.15) is 21.5 Å². The normalized spacial score (nSPS) is 11.9. The number of azo groups is 2. The van der Waals surface area contributed by atoms with Crippen molar-refractivity contribution >= 4 is 98.2 Å². The second-order valence-corrected chi connectivity index (χ2v) is 18.0. The van der Waals surface area contributed by atoms with E-state index >= 15 is 0 Å². The monoisotopic (exact) mass is 973 g/mol. The fraction of sp³-hybridized carbons (Fsp3) is 0.167. The van der Waals surface area contributed by atoms with E-state index in [2.05, 4.69) is 39.3 Å². The molecule has 4 rings (SSSR count). The van der Waals surface area contributed by atoms with Gasteiger partial charge in [-0.05, 0) is 72.8 Å². The summed E-state index contributed by atoms with van der Waals surface area (Å²) in [7, 11) is -18.2. The number of carbonyl (C=O) groups excluding carboxylic acids is 1. The van der Waals surface area contributed by atoms with Crippen LogP contribution in [0.3, 0.4) is 0 Å². The smallest absolute Gasteiger partial charge is 0.744 e. The van der Waals surface area contributed by atoms with Gasteiger partial charge in [-0.3, -0.25) is 18.2 Å². The third-order valence-corrected chi connectivity index (χ3v) is 12.1. The van der Waals surface area contributed by atoms with Crippen molar-refractivity contribution in [3.05, 3.63) is 84.4 Å². The molecule has 0 unspecified atom stereocenters. The average molecular weight is 974 g/mol. The molecule has 61 heavy (non-hydrogen) atoms. The summed E-state index contributed by atoms with van der Waals surface area (Å²) in [5.41, 5.74) is 10.5. The maximum atomic E-state index is 13.0. The van der Waals surface area contributed by atoms with Crippen molar-refractivity contribution in [1.29, 1.82) is 0 Å². The Bertz CT molecular complexity index is 2630. The first-order chi connectivity index (χ1) is 26.7. The molecule has 23 nitrogen and oxygen atoms in total. The van der Waals surface area contributed by atoms with E-state index in [1.165, 1.54) is 60.7 Å². The molecule has 0 bridgehead atoms. The number of nitrogen functional groups attached to an aromatic ring is 2. The minimum atomic E-state index is -5.23. The van der Waals surface area contributed by atoms with E-state index in [1.54, 1.807) is 0 Å². The molecule has 0 fully saturated rings. The minimum absolute atomic E-state index is 0. The van der Waals surface area contributed by atoms with E-state index in [4.69, 9.17) is 15.7 Å². The molecule has 1 amide bonds. The van der Waals surface area contributed by atoms with Crippen LogP contribution in [0, 0.1) is 0 Å². The maximum Gasteiger partial charge on any atom is 1.00 e. The van der Waals surface area contributed by atoms with Crippen LogP contribution in [0.5, 0.6) is 0 Å². The molecule has 0 saturated heterocycles. The van der Waals surface area contributed by atoms with Gasteiger partial charge in [0.2, 0.25) is 10.4 Å². The van der Waals surface area contributed by atoms with Gasteiger partial charge in [-0.2, -0.15) is 10.2 Å². The van der Waals surface area contributed by atoms with Crippen LogP contribution in [0.4, 0.5) is 39.8 Å². The van der Waals surface area contributed by atoms with E-state index in [1.807, 2.05) is 0 Å². The Morgan fingerprint density at radius 1 is 0.705 bits per heavy atom. The van der Waals surface area contributed by atoms with Crippen molar-refractivity contribution in [2.75, 3.05) is 41.5 Å². The molecular formula is C30H30N7Na3O16S5. The first-order valence-corrected chi connectivity index (χ1v) is 21.8. The van der Waals surface area contributed by atoms with Gasteiger partial charge < -0.3 is 31.1 Å².